The molecular weight excluding hydrogens is 320 g/mol. The fourth-order valence-electron chi connectivity index (χ4n) is 2.38. The van der Waals surface area contributed by atoms with Gasteiger partial charge in [-0.05, 0) is 32.9 Å². The Morgan fingerprint density at radius 3 is 2.12 bits per heavy atom. The molecule has 0 amide bonds. The first-order valence-corrected chi connectivity index (χ1v) is 8.68. The maximum Gasteiger partial charge on any atom is 0.313 e. The highest BCUT2D eigenvalue weighted by molar-refractivity contribution is 5.76. The summed E-state index contributed by atoms with van der Waals surface area (Å²) in [5, 5.41) is 0. The van der Waals surface area contributed by atoms with Crippen LogP contribution >= 0.6 is 0 Å². The van der Waals surface area contributed by atoms with E-state index in [0.29, 0.717) is 12.8 Å². The van der Waals surface area contributed by atoms with Crippen molar-refractivity contribution in [3.05, 3.63) is 71.8 Å². The summed E-state index contributed by atoms with van der Waals surface area (Å²) in [7, 11) is 0. The number of hydrogen-bond donors (Lipinski definition) is 0. The Labute approximate surface area is 156 Å². The van der Waals surface area contributed by atoms with Gasteiger partial charge in [-0.15, -0.1) is 6.42 Å². The molecule has 0 aliphatic carbocycles. The Kier molecular flexibility index (Phi) is 6.26. The minimum absolute atomic E-state index is 0.324. The second-order valence-electron chi connectivity index (χ2n) is 7.14. The molecule has 0 saturated heterocycles. The van der Waals surface area contributed by atoms with Gasteiger partial charge in [-0.1, -0.05) is 66.3 Å². The predicted octanol–water partition coefficient (Wildman–Crippen LogP) is 4.94. The molecule has 0 bridgehead atoms. The minimum Gasteiger partial charge on any atom is -0.441 e. The van der Waals surface area contributed by atoms with E-state index < -0.39 is 11.0 Å². The van der Waals surface area contributed by atoms with Gasteiger partial charge in [0, 0.05) is 24.0 Å². The van der Waals surface area contributed by atoms with Gasteiger partial charge in [0.05, 0.1) is 5.41 Å². The van der Waals surface area contributed by atoms with Crippen molar-refractivity contribution in [2.75, 3.05) is 0 Å². The Morgan fingerprint density at radius 1 is 1.00 bits per heavy atom. The largest absolute Gasteiger partial charge is 0.441 e. The van der Waals surface area contributed by atoms with Crippen molar-refractivity contribution >= 4 is 5.97 Å². The lowest BCUT2D eigenvalue weighted by Gasteiger charge is -2.31. The summed E-state index contributed by atoms with van der Waals surface area (Å²) >= 11 is 0. The number of esters is 1. The average Bonchev–Trinajstić information content (AvgIpc) is 2.65. The number of terminal acetylenes is 1. The first-order chi connectivity index (χ1) is 12.4. The minimum atomic E-state index is -1.11. The van der Waals surface area contributed by atoms with Crippen LogP contribution in [0.5, 0.6) is 0 Å². The molecule has 0 aliphatic heterocycles. The molecule has 2 nitrogen and oxygen atoms in total. The highest BCUT2D eigenvalue weighted by atomic mass is 16.6. The van der Waals surface area contributed by atoms with E-state index in [1.807, 2.05) is 81.4 Å². The van der Waals surface area contributed by atoms with E-state index in [1.165, 1.54) is 0 Å². The SMILES string of the molecule is C#CC(CCC#Cc1ccccc1)(OC(=O)C(C)(C)C)c1ccccc1. The van der Waals surface area contributed by atoms with Crippen LogP contribution in [0.15, 0.2) is 60.7 Å². The van der Waals surface area contributed by atoms with Crippen LogP contribution in [0, 0.1) is 29.6 Å². The Balaban J connectivity index is 2.25. The number of carbonyl (C=O) groups is 1. The molecule has 2 heteroatoms. The Morgan fingerprint density at radius 2 is 1.58 bits per heavy atom. The molecule has 0 heterocycles. The van der Waals surface area contributed by atoms with Gasteiger partial charge in [-0.25, -0.2) is 0 Å². The average molecular weight is 344 g/mol. The molecule has 2 rings (SSSR count). The Hall–Kier alpha value is -2.97. The summed E-state index contributed by atoms with van der Waals surface area (Å²) < 4.78 is 5.85. The molecule has 0 radical (unpaired) electrons. The zero-order valence-corrected chi connectivity index (χ0v) is 15.6. The zero-order chi connectivity index (χ0) is 19.0. The summed E-state index contributed by atoms with van der Waals surface area (Å²) in [6.45, 7) is 5.45. The number of ether oxygens (including phenoxy) is 1. The highest BCUT2D eigenvalue weighted by Gasteiger charge is 2.37. The maximum atomic E-state index is 12.5. The van der Waals surface area contributed by atoms with Gasteiger partial charge in [0.15, 0.2) is 5.60 Å². The molecule has 0 spiro atoms. The number of rotatable bonds is 4. The van der Waals surface area contributed by atoms with Gasteiger partial charge < -0.3 is 4.74 Å². The predicted molar refractivity (Wildman–Crippen MR) is 105 cm³/mol. The molecule has 1 unspecified atom stereocenters. The summed E-state index contributed by atoms with van der Waals surface area (Å²) in [4.78, 5) is 12.5. The molecule has 2 aromatic carbocycles. The van der Waals surface area contributed by atoms with Gasteiger partial charge in [0.25, 0.3) is 0 Å². The second kappa shape index (κ2) is 8.41. The lowest BCUT2D eigenvalue weighted by molar-refractivity contribution is -0.165. The van der Waals surface area contributed by atoms with Gasteiger partial charge in [0.2, 0.25) is 0 Å². The topological polar surface area (TPSA) is 26.3 Å². The smallest absolute Gasteiger partial charge is 0.313 e. The summed E-state index contributed by atoms with van der Waals surface area (Å²) in [6, 6.07) is 19.2. The third-order valence-electron chi connectivity index (χ3n) is 3.96. The number of hydrogen-bond acceptors (Lipinski definition) is 2. The van der Waals surface area contributed by atoms with Crippen LogP contribution in [0.2, 0.25) is 0 Å². The molecule has 0 N–H and O–H groups in total. The van der Waals surface area contributed by atoms with Crippen LogP contribution in [-0.4, -0.2) is 5.97 Å². The van der Waals surface area contributed by atoms with Crippen LogP contribution in [0.1, 0.15) is 44.7 Å². The maximum absolute atomic E-state index is 12.5. The van der Waals surface area contributed by atoms with Crippen molar-refractivity contribution in [3.63, 3.8) is 0 Å². The molecule has 132 valence electrons. The van der Waals surface area contributed by atoms with Crippen LogP contribution in [0.3, 0.4) is 0 Å². The van der Waals surface area contributed by atoms with E-state index in [9.17, 15) is 4.79 Å². The highest BCUT2D eigenvalue weighted by Crippen LogP contribution is 2.33. The number of benzene rings is 2. The van der Waals surface area contributed by atoms with Gasteiger partial charge >= 0.3 is 5.97 Å². The fraction of sp³-hybridized carbons (Fsp3) is 0.292. The zero-order valence-electron chi connectivity index (χ0n) is 15.6. The van der Waals surface area contributed by atoms with Crippen molar-refractivity contribution in [2.45, 2.75) is 39.2 Å². The molecule has 0 aromatic heterocycles. The van der Waals surface area contributed by atoms with Crippen LogP contribution in [-0.2, 0) is 15.1 Å². The van der Waals surface area contributed by atoms with Crippen molar-refractivity contribution < 1.29 is 9.53 Å². The molecule has 0 saturated carbocycles. The van der Waals surface area contributed by atoms with Gasteiger partial charge in [-0.2, -0.15) is 0 Å². The normalized spacial score (nSPS) is 12.8. The van der Waals surface area contributed by atoms with Crippen LogP contribution in [0.4, 0.5) is 0 Å². The molecule has 2 aromatic rings. The van der Waals surface area contributed by atoms with E-state index in [1.54, 1.807) is 0 Å². The summed E-state index contributed by atoms with van der Waals surface area (Å²) in [5.74, 6) is 8.65. The van der Waals surface area contributed by atoms with Crippen molar-refractivity contribution in [1.29, 1.82) is 0 Å². The fourth-order valence-corrected chi connectivity index (χ4v) is 2.38. The quantitative estimate of drug-likeness (QED) is 0.580. The van der Waals surface area contributed by atoms with Crippen LogP contribution < -0.4 is 0 Å². The van der Waals surface area contributed by atoms with E-state index >= 15 is 0 Å². The lowest BCUT2D eigenvalue weighted by atomic mass is 9.88. The van der Waals surface area contributed by atoms with E-state index in [0.717, 1.165) is 11.1 Å². The van der Waals surface area contributed by atoms with Crippen LogP contribution in [0.25, 0.3) is 0 Å². The monoisotopic (exact) mass is 344 g/mol. The summed E-state index contributed by atoms with van der Waals surface area (Å²) in [6.07, 6.45) is 6.81. The number of carbonyl (C=O) groups excluding carboxylic acids is 1. The van der Waals surface area contributed by atoms with Crippen molar-refractivity contribution in [1.82, 2.24) is 0 Å². The second-order valence-corrected chi connectivity index (χ2v) is 7.14. The first kappa shape index (κ1) is 19.4. The third kappa shape index (κ3) is 5.01. The Bertz CT molecular complexity index is 827. The standard InChI is InChI=1S/C24H24O2/c1-5-24(21-17-10-7-11-18-21,26-22(25)23(2,3)4)19-13-12-16-20-14-8-6-9-15-20/h1,6-11,14-15,17-18H,13,19H2,2-4H3. The van der Waals surface area contributed by atoms with E-state index in [-0.39, 0.29) is 5.97 Å². The molecule has 26 heavy (non-hydrogen) atoms. The molecule has 1 atom stereocenters. The van der Waals surface area contributed by atoms with Crippen molar-refractivity contribution in [2.24, 2.45) is 5.41 Å². The van der Waals surface area contributed by atoms with E-state index in [4.69, 9.17) is 11.2 Å². The molecule has 0 aliphatic rings. The third-order valence-corrected chi connectivity index (χ3v) is 3.96. The van der Waals surface area contributed by atoms with Gasteiger partial charge in [0.1, 0.15) is 0 Å². The lowest BCUT2D eigenvalue weighted by Crippen LogP contribution is -2.36. The van der Waals surface area contributed by atoms with E-state index in [2.05, 4.69) is 17.8 Å². The molecule has 0 fully saturated rings. The first-order valence-electron chi connectivity index (χ1n) is 8.68. The van der Waals surface area contributed by atoms with Gasteiger partial charge in [-0.3, -0.25) is 4.79 Å². The molecular formula is C24H24O2. The summed E-state index contributed by atoms with van der Waals surface area (Å²) in [5.41, 5.74) is -0.00402. The van der Waals surface area contributed by atoms with Crippen molar-refractivity contribution in [3.8, 4) is 24.2 Å².